The number of fused-ring (bicyclic) bond motifs is 2. The number of rotatable bonds is 4. The zero-order valence-corrected chi connectivity index (χ0v) is 17.6. The Morgan fingerprint density at radius 2 is 1.81 bits per heavy atom. The summed E-state index contributed by atoms with van der Waals surface area (Å²) in [5.74, 6) is 0.0662. The molecule has 3 amide bonds. The van der Waals surface area contributed by atoms with E-state index in [0.29, 0.717) is 43.0 Å². The predicted octanol–water partition coefficient (Wildman–Crippen LogP) is 3.62. The van der Waals surface area contributed by atoms with E-state index in [4.69, 9.17) is 10.1 Å². The predicted molar refractivity (Wildman–Crippen MR) is 118 cm³/mol. The Kier molecular flexibility index (Phi) is 4.77. The fourth-order valence-corrected chi connectivity index (χ4v) is 4.48. The molecule has 5 rings (SSSR count). The van der Waals surface area contributed by atoms with E-state index in [1.165, 1.54) is 9.80 Å². The van der Waals surface area contributed by atoms with Gasteiger partial charge in [-0.15, -0.1) is 0 Å². The van der Waals surface area contributed by atoms with Crippen molar-refractivity contribution in [2.45, 2.75) is 26.4 Å². The molecule has 0 saturated heterocycles. The molecule has 0 atom stereocenters. The van der Waals surface area contributed by atoms with Crippen molar-refractivity contribution < 1.29 is 19.5 Å². The van der Waals surface area contributed by atoms with Crippen LogP contribution in [0.4, 0.5) is 4.79 Å². The van der Waals surface area contributed by atoms with Gasteiger partial charge in [-0.2, -0.15) is 0 Å². The summed E-state index contributed by atoms with van der Waals surface area (Å²) < 4.78 is 2.02. The van der Waals surface area contributed by atoms with Crippen LogP contribution in [0.15, 0.2) is 48.5 Å². The van der Waals surface area contributed by atoms with Crippen molar-refractivity contribution in [2.24, 2.45) is 0 Å². The second kappa shape index (κ2) is 7.64. The van der Waals surface area contributed by atoms with Gasteiger partial charge in [0.1, 0.15) is 5.82 Å². The summed E-state index contributed by atoms with van der Waals surface area (Å²) >= 11 is 0. The van der Waals surface area contributed by atoms with Gasteiger partial charge < -0.3 is 14.6 Å². The van der Waals surface area contributed by atoms with E-state index in [1.807, 2.05) is 29.7 Å². The summed E-state index contributed by atoms with van der Waals surface area (Å²) in [6.07, 6.45) is 1.70. The SMILES string of the molecule is CCn1c(CN2C(=O)c3ccccc3C2=O)nc2ccc(C3=CCN(C(=O)O)CC3)cc21. The van der Waals surface area contributed by atoms with Crippen LogP contribution in [0.25, 0.3) is 16.6 Å². The first-order chi connectivity index (χ1) is 15.5. The third-order valence-electron chi connectivity index (χ3n) is 6.17. The molecular formula is C24H22N4O4. The van der Waals surface area contributed by atoms with Gasteiger partial charge in [-0.05, 0) is 48.7 Å². The van der Waals surface area contributed by atoms with Crippen LogP contribution < -0.4 is 0 Å². The number of imide groups is 1. The van der Waals surface area contributed by atoms with Crippen molar-refractivity contribution in [1.82, 2.24) is 19.4 Å². The van der Waals surface area contributed by atoms with Crippen LogP contribution in [-0.2, 0) is 13.1 Å². The molecule has 2 aliphatic rings. The lowest BCUT2D eigenvalue weighted by molar-refractivity contribution is 0.0636. The topological polar surface area (TPSA) is 95.7 Å². The standard InChI is InChI=1S/C24H22N4O4/c1-2-27-20-13-16(15-9-11-26(12-10-15)24(31)32)7-8-19(20)25-21(27)14-28-22(29)17-5-3-4-6-18(17)23(28)30/h3-9,13H,2,10-12,14H2,1H3,(H,31,32). The maximum Gasteiger partial charge on any atom is 0.407 e. The minimum Gasteiger partial charge on any atom is -0.465 e. The van der Waals surface area contributed by atoms with E-state index in [0.717, 1.165) is 22.2 Å². The molecule has 162 valence electrons. The molecule has 3 aromatic rings. The number of carbonyl (C=O) groups excluding carboxylic acids is 2. The lowest BCUT2D eigenvalue weighted by atomic mass is 9.99. The summed E-state index contributed by atoms with van der Waals surface area (Å²) in [7, 11) is 0. The molecule has 2 aromatic carbocycles. The normalized spacial score (nSPS) is 16.0. The zero-order chi connectivity index (χ0) is 22.4. The molecule has 8 nitrogen and oxygen atoms in total. The Balaban J connectivity index is 1.46. The van der Waals surface area contributed by atoms with Gasteiger partial charge in [0.25, 0.3) is 11.8 Å². The first kappa shape index (κ1) is 20.0. The maximum atomic E-state index is 12.8. The van der Waals surface area contributed by atoms with Crippen molar-refractivity contribution in [2.75, 3.05) is 13.1 Å². The molecule has 1 N–H and O–H groups in total. The molecule has 0 aliphatic carbocycles. The van der Waals surface area contributed by atoms with Gasteiger partial charge in [0.15, 0.2) is 0 Å². The van der Waals surface area contributed by atoms with Crippen LogP contribution >= 0.6 is 0 Å². The van der Waals surface area contributed by atoms with Gasteiger partial charge in [-0.25, -0.2) is 9.78 Å². The maximum absolute atomic E-state index is 12.8. The molecule has 0 unspecified atom stereocenters. The second-order valence-electron chi connectivity index (χ2n) is 7.93. The van der Waals surface area contributed by atoms with Gasteiger partial charge in [-0.1, -0.05) is 24.3 Å². The molecule has 0 radical (unpaired) electrons. The Morgan fingerprint density at radius 1 is 1.09 bits per heavy atom. The van der Waals surface area contributed by atoms with Gasteiger partial charge in [0, 0.05) is 19.6 Å². The van der Waals surface area contributed by atoms with Crippen LogP contribution in [0, 0.1) is 0 Å². The molecule has 0 spiro atoms. The van der Waals surface area contributed by atoms with Crippen molar-refractivity contribution in [3.63, 3.8) is 0 Å². The molecule has 8 heteroatoms. The Morgan fingerprint density at radius 3 is 2.41 bits per heavy atom. The van der Waals surface area contributed by atoms with Gasteiger partial charge in [0.2, 0.25) is 0 Å². The number of benzene rings is 2. The fraction of sp³-hybridized carbons (Fsp3) is 0.250. The van der Waals surface area contributed by atoms with E-state index in [2.05, 4.69) is 6.07 Å². The van der Waals surface area contributed by atoms with Crippen LogP contribution in [0.5, 0.6) is 0 Å². The highest BCUT2D eigenvalue weighted by molar-refractivity contribution is 6.21. The van der Waals surface area contributed by atoms with Gasteiger partial charge >= 0.3 is 6.09 Å². The fourth-order valence-electron chi connectivity index (χ4n) is 4.48. The molecule has 3 heterocycles. The van der Waals surface area contributed by atoms with E-state index in [9.17, 15) is 14.4 Å². The van der Waals surface area contributed by atoms with E-state index in [-0.39, 0.29) is 18.4 Å². The summed E-state index contributed by atoms with van der Waals surface area (Å²) in [6, 6.07) is 12.8. The summed E-state index contributed by atoms with van der Waals surface area (Å²) in [6.45, 7) is 3.60. The highest BCUT2D eigenvalue weighted by Gasteiger charge is 2.36. The Hall–Kier alpha value is -3.94. The quantitative estimate of drug-likeness (QED) is 0.638. The van der Waals surface area contributed by atoms with Gasteiger partial charge in [-0.3, -0.25) is 14.5 Å². The van der Waals surface area contributed by atoms with Crippen molar-refractivity contribution in [3.05, 3.63) is 71.1 Å². The lowest BCUT2D eigenvalue weighted by Crippen LogP contribution is -2.33. The third-order valence-corrected chi connectivity index (χ3v) is 6.17. The molecule has 2 aliphatic heterocycles. The lowest BCUT2D eigenvalue weighted by Gasteiger charge is -2.23. The highest BCUT2D eigenvalue weighted by atomic mass is 16.4. The number of hydrogen-bond acceptors (Lipinski definition) is 4. The molecular weight excluding hydrogens is 408 g/mol. The van der Waals surface area contributed by atoms with E-state index >= 15 is 0 Å². The minimum absolute atomic E-state index is 0.112. The smallest absolute Gasteiger partial charge is 0.407 e. The molecule has 0 fully saturated rings. The number of aromatic nitrogens is 2. The molecule has 0 saturated carbocycles. The third kappa shape index (κ3) is 3.15. The number of hydrogen-bond donors (Lipinski definition) is 1. The summed E-state index contributed by atoms with van der Waals surface area (Å²) in [5, 5.41) is 9.15. The summed E-state index contributed by atoms with van der Waals surface area (Å²) in [5.41, 5.74) is 4.72. The van der Waals surface area contributed by atoms with Crippen LogP contribution in [0.1, 0.15) is 45.4 Å². The van der Waals surface area contributed by atoms with Crippen LogP contribution in [0.3, 0.4) is 0 Å². The van der Waals surface area contributed by atoms with Crippen molar-refractivity contribution in [3.8, 4) is 0 Å². The van der Waals surface area contributed by atoms with Gasteiger partial charge in [0.05, 0.1) is 28.7 Å². The number of amides is 3. The van der Waals surface area contributed by atoms with Crippen molar-refractivity contribution in [1.29, 1.82) is 0 Å². The average Bonchev–Trinajstić information content (AvgIpc) is 3.28. The highest BCUT2D eigenvalue weighted by Crippen LogP contribution is 2.29. The number of carboxylic acid groups (broad SMARTS) is 1. The number of aryl methyl sites for hydroxylation is 1. The molecule has 1 aromatic heterocycles. The first-order valence-corrected chi connectivity index (χ1v) is 10.6. The first-order valence-electron chi connectivity index (χ1n) is 10.6. The van der Waals surface area contributed by atoms with Crippen molar-refractivity contribution >= 4 is 34.5 Å². The summed E-state index contributed by atoms with van der Waals surface area (Å²) in [4.78, 5) is 44.1. The largest absolute Gasteiger partial charge is 0.465 e. The van der Waals surface area contributed by atoms with E-state index < -0.39 is 6.09 Å². The number of nitrogens with zero attached hydrogens (tertiary/aromatic N) is 4. The zero-order valence-electron chi connectivity index (χ0n) is 17.6. The average molecular weight is 430 g/mol. The Labute approximate surface area is 184 Å². The molecule has 0 bridgehead atoms. The van der Waals surface area contributed by atoms with E-state index in [1.54, 1.807) is 24.3 Å². The minimum atomic E-state index is -0.905. The van der Waals surface area contributed by atoms with Crippen LogP contribution in [-0.4, -0.2) is 55.5 Å². The second-order valence-corrected chi connectivity index (χ2v) is 7.93. The van der Waals surface area contributed by atoms with Crippen LogP contribution in [0.2, 0.25) is 0 Å². The monoisotopic (exact) mass is 430 g/mol. The molecule has 32 heavy (non-hydrogen) atoms. The number of imidazole rings is 1. The Bertz CT molecular complexity index is 1270. The number of carbonyl (C=O) groups is 3.